The lowest BCUT2D eigenvalue weighted by molar-refractivity contribution is 0.410. The van der Waals surface area contributed by atoms with Gasteiger partial charge in [0.05, 0.1) is 6.26 Å². The molecular formula is C8H7BO3. The van der Waals surface area contributed by atoms with Gasteiger partial charge in [0.15, 0.2) is 0 Å². The van der Waals surface area contributed by atoms with Crippen molar-refractivity contribution in [2.45, 2.75) is 0 Å². The molecule has 0 radical (unpaired) electrons. The molecule has 2 aromatic rings. The molecule has 0 spiro atoms. The van der Waals surface area contributed by atoms with E-state index in [4.69, 9.17) is 14.5 Å². The summed E-state index contributed by atoms with van der Waals surface area (Å²) < 4.78 is 4.98. The number of hydrogen-bond acceptors (Lipinski definition) is 3. The van der Waals surface area contributed by atoms with Gasteiger partial charge in [-0.3, -0.25) is 0 Å². The minimum absolute atomic E-state index is 0.200. The zero-order valence-corrected chi connectivity index (χ0v) is 6.27. The molecule has 2 rings (SSSR count). The highest BCUT2D eigenvalue weighted by Gasteiger charge is 2.18. The van der Waals surface area contributed by atoms with Crippen LogP contribution in [-0.4, -0.2) is 17.2 Å². The van der Waals surface area contributed by atoms with E-state index in [2.05, 4.69) is 0 Å². The summed E-state index contributed by atoms with van der Waals surface area (Å²) in [7, 11) is -1.54. The Morgan fingerprint density at radius 3 is 2.67 bits per heavy atom. The molecule has 1 heterocycles. The molecule has 0 bridgehead atoms. The molecule has 0 fully saturated rings. The quantitative estimate of drug-likeness (QED) is 0.585. The van der Waals surface area contributed by atoms with Gasteiger partial charge in [0.2, 0.25) is 0 Å². The monoisotopic (exact) mass is 162 g/mol. The Hall–Kier alpha value is -1.26. The summed E-state index contributed by atoms with van der Waals surface area (Å²) in [5, 5.41) is 19.4. The summed E-state index contributed by atoms with van der Waals surface area (Å²) in [6, 6.07) is 7.33. The van der Waals surface area contributed by atoms with Crippen LogP contribution in [0.15, 0.2) is 34.9 Å². The van der Waals surface area contributed by atoms with E-state index in [0.29, 0.717) is 0 Å². The van der Waals surface area contributed by atoms with Crippen LogP contribution in [0.1, 0.15) is 0 Å². The van der Waals surface area contributed by atoms with Crippen molar-refractivity contribution in [3.63, 3.8) is 0 Å². The third-order valence-electron chi connectivity index (χ3n) is 1.77. The van der Waals surface area contributed by atoms with Crippen LogP contribution >= 0.6 is 0 Å². The lowest BCUT2D eigenvalue weighted by Crippen LogP contribution is -2.28. The summed E-state index contributed by atoms with van der Waals surface area (Å²) in [6.07, 6.45) is 1.50. The largest absolute Gasteiger partial charge is 0.527 e. The average molecular weight is 162 g/mol. The van der Waals surface area contributed by atoms with E-state index in [-0.39, 0.29) is 5.66 Å². The first-order valence-electron chi connectivity index (χ1n) is 3.61. The number of benzene rings is 1. The zero-order valence-electron chi connectivity index (χ0n) is 6.27. The van der Waals surface area contributed by atoms with Crippen molar-refractivity contribution in [1.82, 2.24) is 0 Å². The number of rotatable bonds is 1. The van der Waals surface area contributed by atoms with Gasteiger partial charge < -0.3 is 14.5 Å². The maximum absolute atomic E-state index is 8.87. The van der Waals surface area contributed by atoms with Crippen molar-refractivity contribution in [2.75, 3.05) is 0 Å². The zero-order chi connectivity index (χ0) is 8.55. The van der Waals surface area contributed by atoms with Gasteiger partial charge in [-0.15, -0.1) is 0 Å². The van der Waals surface area contributed by atoms with E-state index in [1.54, 1.807) is 6.07 Å². The third-order valence-corrected chi connectivity index (χ3v) is 1.77. The lowest BCUT2D eigenvalue weighted by Gasteiger charge is -1.92. The Morgan fingerprint density at radius 1 is 1.17 bits per heavy atom. The summed E-state index contributed by atoms with van der Waals surface area (Å²) in [5.41, 5.74) is 0.200. The predicted molar refractivity (Wildman–Crippen MR) is 46.0 cm³/mol. The molecule has 0 aliphatic heterocycles. The maximum atomic E-state index is 8.87. The summed E-state index contributed by atoms with van der Waals surface area (Å²) in [5.74, 6) is 0. The second kappa shape index (κ2) is 2.66. The molecule has 1 aromatic carbocycles. The first kappa shape index (κ1) is 7.40. The van der Waals surface area contributed by atoms with E-state index >= 15 is 0 Å². The molecule has 0 saturated carbocycles. The van der Waals surface area contributed by atoms with Gasteiger partial charge in [-0.2, -0.15) is 0 Å². The maximum Gasteiger partial charge on any atom is 0.527 e. The minimum atomic E-state index is -1.54. The Morgan fingerprint density at radius 2 is 1.92 bits per heavy atom. The van der Waals surface area contributed by atoms with Crippen LogP contribution in [0.25, 0.3) is 10.8 Å². The van der Waals surface area contributed by atoms with Crippen LogP contribution in [0.4, 0.5) is 0 Å². The summed E-state index contributed by atoms with van der Waals surface area (Å²) >= 11 is 0. The van der Waals surface area contributed by atoms with Gasteiger partial charge in [-0.1, -0.05) is 24.3 Å². The van der Waals surface area contributed by atoms with Gasteiger partial charge >= 0.3 is 7.12 Å². The van der Waals surface area contributed by atoms with Crippen LogP contribution in [0.3, 0.4) is 0 Å². The highest BCUT2D eigenvalue weighted by Crippen LogP contribution is 2.11. The predicted octanol–water partition coefficient (Wildman–Crippen LogP) is 0.113. The van der Waals surface area contributed by atoms with Gasteiger partial charge in [0.25, 0.3) is 0 Å². The highest BCUT2D eigenvalue weighted by molar-refractivity contribution is 6.60. The Balaban J connectivity index is 2.70. The molecule has 0 saturated heterocycles. The number of fused-ring (bicyclic) bond motifs is 1. The molecule has 60 valence electrons. The third kappa shape index (κ3) is 1.01. The molecule has 0 aliphatic carbocycles. The molecule has 1 aromatic heterocycles. The van der Waals surface area contributed by atoms with Crippen molar-refractivity contribution in [3.8, 4) is 0 Å². The van der Waals surface area contributed by atoms with Crippen LogP contribution in [0.5, 0.6) is 0 Å². The van der Waals surface area contributed by atoms with Gasteiger partial charge in [0, 0.05) is 10.8 Å². The van der Waals surface area contributed by atoms with Crippen molar-refractivity contribution in [3.05, 3.63) is 30.5 Å². The standard InChI is InChI=1S/C8H7BO3/c10-9(11)8-7-4-2-1-3-6(7)5-12-8/h1-5,10-11H. The van der Waals surface area contributed by atoms with E-state index in [1.165, 1.54) is 6.26 Å². The number of hydrogen-bond donors (Lipinski definition) is 2. The van der Waals surface area contributed by atoms with E-state index < -0.39 is 7.12 Å². The van der Waals surface area contributed by atoms with Gasteiger partial charge in [0.1, 0.15) is 5.66 Å². The van der Waals surface area contributed by atoms with E-state index in [0.717, 1.165) is 10.8 Å². The number of furan rings is 1. The Labute approximate surface area is 69.4 Å². The second-order valence-electron chi connectivity index (χ2n) is 2.56. The topological polar surface area (TPSA) is 53.6 Å². The second-order valence-corrected chi connectivity index (χ2v) is 2.56. The SMILES string of the molecule is OB(O)c1occ2ccccc12. The average Bonchev–Trinajstić information content (AvgIpc) is 2.47. The Bertz CT molecular complexity index is 394. The van der Waals surface area contributed by atoms with Crippen molar-refractivity contribution < 1.29 is 14.5 Å². The van der Waals surface area contributed by atoms with Crippen LogP contribution in [0, 0.1) is 0 Å². The van der Waals surface area contributed by atoms with E-state index in [9.17, 15) is 0 Å². The fraction of sp³-hybridized carbons (Fsp3) is 0. The lowest BCUT2D eigenvalue weighted by atomic mass is 9.85. The molecule has 2 N–H and O–H groups in total. The first-order chi connectivity index (χ1) is 5.79. The van der Waals surface area contributed by atoms with Gasteiger partial charge in [-0.25, -0.2) is 0 Å². The van der Waals surface area contributed by atoms with Gasteiger partial charge in [-0.05, 0) is 0 Å². The normalized spacial score (nSPS) is 10.5. The highest BCUT2D eigenvalue weighted by atomic mass is 16.4. The molecule has 3 nitrogen and oxygen atoms in total. The Kier molecular flexibility index (Phi) is 1.64. The molecule has 12 heavy (non-hydrogen) atoms. The van der Waals surface area contributed by atoms with Crippen molar-refractivity contribution >= 4 is 23.6 Å². The fourth-order valence-electron chi connectivity index (χ4n) is 1.21. The van der Waals surface area contributed by atoms with Crippen LogP contribution < -0.4 is 5.66 Å². The fourth-order valence-corrected chi connectivity index (χ4v) is 1.21. The van der Waals surface area contributed by atoms with Crippen molar-refractivity contribution in [2.24, 2.45) is 0 Å². The first-order valence-corrected chi connectivity index (χ1v) is 3.61. The molecular weight excluding hydrogens is 155 g/mol. The molecule has 0 aliphatic rings. The van der Waals surface area contributed by atoms with Crippen LogP contribution in [-0.2, 0) is 0 Å². The molecule has 0 atom stereocenters. The summed E-state index contributed by atoms with van der Waals surface area (Å²) in [6.45, 7) is 0. The van der Waals surface area contributed by atoms with E-state index in [1.807, 2.05) is 18.2 Å². The molecule has 0 unspecified atom stereocenters. The molecule has 4 heteroatoms. The smallest absolute Gasteiger partial charge is 0.472 e. The molecule has 0 amide bonds. The van der Waals surface area contributed by atoms with Crippen LogP contribution in [0.2, 0.25) is 0 Å². The minimum Gasteiger partial charge on any atom is -0.472 e. The van der Waals surface area contributed by atoms with Crippen molar-refractivity contribution in [1.29, 1.82) is 0 Å². The summed E-state index contributed by atoms with van der Waals surface area (Å²) in [4.78, 5) is 0.